The van der Waals surface area contributed by atoms with Gasteiger partial charge >= 0.3 is 0 Å². The molecule has 140 valence electrons. The van der Waals surface area contributed by atoms with Crippen molar-refractivity contribution in [3.8, 4) is 0 Å². The summed E-state index contributed by atoms with van der Waals surface area (Å²) in [5.41, 5.74) is 1.60. The minimum absolute atomic E-state index is 0.100. The number of halogens is 2. The average Bonchev–Trinajstić information content (AvgIpc) is 3.08. The van der Waals surface area contributed by atoms with E-state index in [2.05, 4.69) is 10.3 Å². The van der Waals surface area contributed by atoms with Crippen LogP contribution in [0.5, 0.6) is 0 Å². The molecule has 0 bridgehead atoms. The second kappa shape index (κ2) is 6.96. The number of fused-ring (bicyclic) bond motifs is 1. The number of carbonyl (C=O) groups excluding carboxylic acids is 1. The van der Waals surface area contributed by atoms with Gasteiger partial charge in [0.05, 0.1) is 24.3 Å². The summed E-state index contributed by atoms with van der Waals surface area (Å²) < 4.78 is 33.8. The van der Waals surface area contributed by atoms with Crippen LogP contribution in [-0.4, -0.2) is 46.7 Å². The van der Waals surface area contributed by atoms with E-state index in [9.17, 15) is 13.6 Å². The van der Waals surface area contributed by atoms with Crippen molar-refractivity contribution in [1.29, 1.82) is 0 Å². The van der Waals surface area contributed by atoms with Crippen LogP contribution in [0.4, 0.5) is 20.3 Å². The lowest BCUT2D eigenvalue weighted by atomic mass is 10.1. The number of morpholine rings is 1. The maximum Gasteiger partial charge on any atom is 0.257 e. The largest absolute Gasteiger partial charge is 0.378 e. The summed E-state index contributed by atoms with van der Waals surface area (Å²) in [6.45, 7) is 2.12. The molecule has 3 aromatic rings. The first-order valence-corrected chi connectivity index (χ1v) is 8.58. The number of amides is 1. The van der Waals surface area contributed by atoms with Gasteiger partial charge in [-0.1, -0.05) is 0 Å². The Kier molecular flexibility index (Phi) is 4.49. The highest BCUT2D eigenvalue weighted by molar-refractivity contribution is 6.08. The van der Waals surface area contributed by atoms with Crippen LogP contribution in [0.25, 0.3) is 10.9 Å². The number of aromatic nitrogens is 2. The van der Waals surface area contributed by atoms with Crippen LogP contribution >= 0.6 is 0 Å². The maximum absolute atomic E-state index is 13.5. The molecule has 8 heteroatoms. The standard InChI is InChI=1S/C19H18F2N4O2/c1-24-5-4-13-17(24)14(19(26)25-6-8-27-9-7-25)11-22-18(13)23-12-2-3-15(20)16(21)10-12/h2-5,10-11H,6-9H2,1H3,(H,22,23). The molecule has 1 saturated heterocycles. The molecule has 0 radical (unpaired) electrons. The molecule has 0 saturated carbocycles. The van der Waals surface area contributed by atoms with Gasteiger partial charge in [0.2, 0.25) is 0 Å². The topological polar surface area (TPSA) is 59.4 Å². The fourth-order valence-electron chi connectivity index (χ4n) is 3.22. The number of nitrogens with one attached hydrogen (secondary N) is 1. The second-order valence-corrected chi connectivity index (χ2v) is 6.37. The number of ether oxygens (including phenoxy) is 1. The average molecular weight is 372 g/mol. The van der Waals surface area contributed by atoms with Crippen LogP contribution in [-0.2, 0) is 11.8 Å². The van der Waals surface area contributed by atoms with Gasteiger partial charge in [-0.25, -0.2) is 13.8 Å². The molecule has 6 nitrogen and oxygen atoms in total. The van der Waals surface area contributed by atoms with Gasteiger partial charge in [0.1, 0.15) is 5.82 Å². The molecular weight excluding hydrogens is 354 g/mol. The van der Waals surface area contributed by atoms with Crippen molar-refractivity contribution in [2.75, 3.05) is 31.6 Å². The fraction of sp³-hybridized carbons (Fsp3) is 0.263. The molecule has 1 aliphatic rings. The zero-order chi connectivity index (χ0) is 19.0. The Morgan fingerprint density at radius 3 is 2.70 bits per heavy atom. The molecule has 4 rings (SSSR count). The monoisotopic (exact) mass is 372 g/mol. The fourth-order valence-corrected chi connectivity index (χ4v) is 3.22. The molecule has 0 unspecified atom stereocenters. The van der Waals surface area contributed by atoms with Gasteiger partial charge < -0.3 is 19.5 Å². The molecule has 0 atom stereocenters. The van der Waals surface area contributed by atoms with Crippen LogP contribution in [0.1, 0.15) is 10.4 Å². The number of nitrogens with zero attached hydrogens (tertiary/aromatic N) is 3. The smallest absolute Gasteiger partial charge is 0.257 e. The number of hydrogen-bond acceptors (Lipinski definition) is 4. The molecular formula is C19H18F2N4O2. The third-order valence-corrected chi connectivity index (χ3v) is 4.62. The number of benzene rings is 1. The summed E-state index contributed by atoms with van der Waals surface area (Å²) in [5.74, 6) is -1.49. The van der Waals surface area contributed by atoms with E-state index < -0.39 is 11.6 Å². The molecule has 1 amide bonds. The predicted octanol–water partition coefficient (Wildman–Crippen LogP) is 3.07. The van der Waals surface area contributed by atoms with E-state index in [0.717, 1.165) is 23.0 Å². The Hall–Kier alpha value is -3.00. The van der Waals surface area contributed by atoms with Crippen molar-refractivity contribution in [3.05, 3.63) is 53.9 Å². The molecule has 0 aliphatic carbocycles. The van der Waals surface area contributed by atoms with Gasteiger partial charge in [-0.3, -0.25) is 4.79 Å². The van der Waals surface area contributed by atoms with E-state index in [1.54, 1.807) is 4.90 Å². The van der Waals surface area contributed by atoms with Crippen molar-refractivity contribution >= 4 is 28.3 Å². The second-order valence-electron chi connectivity index (χ2n) is 6.37. The van der Waals surface area contributed by atoms with Gasteiger partial charge in [-0.2, -0.15) is 0 Å². The number of rotatable bonds is 3. The van der Waals surface area contributed by atoms with E-state index in [4.69, 9.17) is 4.74 Å². The lowest BCUT2D eigenvalue weighted by molar-refractivity contribution is 0.0303. The lowest BCUT2D eigenvalue weighted by Crippen LogP contribution is -2.40. The number of pyridine rings is 1. The van der Waals surface area contributed by atoms with E-state index >= 15 is 0 Å². The summed E-state index contributed by atoms with van der Waals surface area (Å²) >= 11 is 0. The van der Waals surface area contributed by atoms with E-state index in [-0.39, 0.29) is 5.91 Å². The van der Waals surface area contributed by atoms with E-state index in [0.29, 0.717) is 43.4 Å². The number of aryl methyl sites for hydroxylation is 1. The van der Waals surface area contributed by atoms with Crippen LogP contribution in [0.3, 0.4) is 0 Å². The third kappa shape index (κ3) is 3.23. The normalized spacial score (nSPS) is 14.6. The number of carbonyl (C=O) groups is 1. The first kappa shape index (κ1) is 17.4. The molecule has 1 fully saturated rings. The lowest BCUT2D eigenvalue weighted by Gasteiger charge is -2.27. The molecule has 1 aliphatic heterocycles. The SMILES string of the molecule is Cn1ccc2c(Nc3ccc(F)c(F)c3)ncc(C(=O)N3CCOCC3)c21. The summed E-state index contributed by atoms with van der Waals surface area (Å²) in [5, 5.41) is 3.72. The Labute approximate surface area is 154 Å². The highest BCUT2D eigenvalue weighted by Gasteiger charge is 2.23. The zero-order valence-corrected chi connectivity index (χ0v) is 14.7. The molecule has 27 heavy (non-hydrogen) atoms. The molecule has 1 aromatic carbocycles. The summed E-state index contributed by atoms with van der Waals surface area (Å²) in [4.78, 5) is 19.0. The Bertz CT molecular complexity index is 1010. The Balaban J connectivity index is 1.72. The van der Waals surface area contributed by atoms with Crippen molar-refractivity contribution in [1.82, 2.24) is 14.5 Å². The molecule has 0 spiro atoms. The highest BCUT2D eigenvalue weighted by atomic mass is 19.2. The minimum atomic E-state index is -0.941. The van der Waals surface area contributed by atoms with Crippen LogP contribution < -0.4 is 5.32 Å². The van der Waals surface area contributed by atoms with Gasteiger partial charge in [-0.05, 0) is 18.2 Å². The van der Waals surface area contributed by atoms with Gasteiger partial charge in [0, 0.05) is 49.7 Å². The molecule has 3 heterocycles. The van der Waals surface area contributed by atoms with Crippen molar-refractivity contribution in [3.63, 3.8) is 0 Å². The Morgan fingerprint density at radius 2 is 1.96 bits per heavy atom. The van der Waals surface area contributed by atoms with Crippen LogP contribution in [0.15, 0.2) is 36.7 Å². The highest BCUT2D eigenvalue weighted by Crippen LogP contribution is 2.29. The van der Waals surface area contributed by atoms with E-state index in [1.165, 1.54) is 12.3 Å². The van der Waals surface area contributed by atoms with Gasteiger partial charge in [-0.15, -0.1) is 0 Å². The van der Waals surface area contributed by atoms with Crippen molar-refractivity contribution in [2.24, 2.45) is 7.05 Å². The number of hydrogen-bond donors (Lipinski definition) is 1. The van der Waals surface area contributed by atoms with Crippen LogP contribution in [0.2, 0.25) is 0 Å². The van der Waals surface area contributed by atoms with Crippen molar-refractivity contribution in [2.45, 2.75) is 0 Å². The first-order valence-electron chi connectivity index (χ1n) is 8.58. The van der Waals surface area contributed by atoms with Gasteiger partial charge in [0.25, 0.3) is 5.91 Å². The van der Waals surface area contributed by atoms with Gasteiger partial charge in [0.15, 0.2) is 11.6 Å². The summed E-state index contributed by atoms with van der Waals surface area (Å²) in [6.07, 6.45) is 3.35. The summed E-state index contributed by atoms with van der Waals surface area (Å²) in [7, 11) is 1.85. The number of anilines is 2. The predicted molar refractivity (Wildman–Crippen MR) is 97.1 cm³/mol. The zero-order valence-electron chi connectivity index (χ0n) is 14.7. The minimum Gasteiger partial charge on any atom is -0.378 e. The van der Waals surface area contributed by atoms with Crippen molar-refractivity contribution < 1.29 is 18.3 Å². The van der Waals surface area contributed by atoms with Crippen LogP contribution in [0, 0.1) is 11.6 Å². The maximum atomic E-state index is 13.5. The van der Waals surface area contributed by atoms with E-state index in [1.807, 2.05) is 23.9 Å². The summed E-state index contributed by atoms with van der Waals surface area (Å²) in [6, 6.07) is 5.39. The first-order chi connectivity index (χ1) is 13.0. The molecule has 2 aromatic heterocycles. The molecule has 1 N–H and O–H groups in total. The Morgan fingerprint density at radius 1 is 1.19 bits per heavy atom. The third-order valence-electron chi connectivity index (χ3n) is 4.62. The quantitative estimate of drug-likeness (QED) is 0.768.